The molecular formula is C21H15NO3. The fourth-order valence-corrected chi connectivity index (χ4v) is 2.77. The molecule has 0 spiro atoms. The Morgan fingerprint density at radius 1 is 0.680 bits per heavy atom. The summed E-state index contributed by atoms with van der Waals surface area (Å²) in [4.78, 5) is 4.64. The Labute approximate surface area is 144 Å². The Hall–Kier alpha value is -3.53. The van der Waals surface area contributed by atoms with Crippen LogP contribution in [0.25, 0.3) is 33.8 Å². The number of pyridine rings is 1. The van der Waals surface area contributed by atoms with Crippen LogP contribution in [-0.2, 0) is 0 Å². The summed E-state index contributed by atoms with van der Waals surface area (Å²) in [7, 11) is 0. The van der Waals surface area contributed by atoms with Gasteiger partial charge in [0.25, 0.3) is 0 Å². The molecule has 2 aromatic heterocycles. The van der Waals surface area contributed by atoms with Crippen LogP contribution in [0, 0.1) is 0 Å². The number of rotatable bonds is 3. The molecule has 0 atom stereocenters. The third kappa shape index (κ3) is 2.85. The molecule has 0 saturated carbocycles. The molecule has 2 N–H and O–H groups in total. The zero-order valence-corrected chi connectivity index (χ0v) is 13.3. The summed E-state index contributed by atoms with van der Waals surface area (Å²) in [6.07, 6.45) is 1.61. The van der Waals surface area contributed by atoms with Crippen molar-refractivity contribution in [2.75, 3.05) is 0 Å². The van der Waals surface area contributed by atoms with Crippen LogP contribution in [0.15, 0.2) is 83.5 Å². The van der Waals surface area contributed by atoms with Crippen molar-refractivity contribution in [1.82, 2.24) is 4.98 Å². The first-order valence-corrected chi connectivity index (χ1v) is 7.85. The van der Waals surface area contributed by atoms with Crippen LogP contribution in [-0.4, -0.2) is 15.2 Å². The van der Waals surface area contributed by atoms with Crippen LogP contribution in [0.2, 0.25) is 0 Å². The van der Waals surface area contributed by atoms with E-state index in [9.17, 15) is 10.2 Å². The van der Waals surface area contributed by atoms with Gasteiger partial charge in [0.1, 0.15) is 17.3 Å². The number of phenolic OH excluding ortho intramolecular Hbond substituents is 2. The van der Waals surface area contributed by atoms with Gasteiger partial charge in [-0.1, -0.05) is 24.3 Å². The molecule has 122 valence electrons. The van der Waals surface area contributed by atoms with Crippen molar-refractivity contribution < 1.29 is 14.6 Å². The Balaban J connectivity index is 1.96. The van der Waals surface area contributed by atoms with Gasteiger partial charge in [-0.2, -0.15) is 0 Å². The van der Waals surface area contributed by atoms with Gasteiger partial charge in [-0.15, -0.1) is 0 Å². The second-order valence-electron chi connectivity index (χ2n) is 5.64. The van der Waals surface area contributed by atoms with Gasteiger partial charge in [0.15, 0.2) is 0 Å². The normalized spacial score (nSPS) is 10.7. The molecular weight excluding hydrogens is 314 g/mol. The molecule has 2 aromatic carbocycles. The number of aromatic nitrogens is 1. The monoisotopic (exact) mass is 329 g/mol. The van der Waals surface area contributed by atoms with Gasteiger partial charge in [-0.25, -0.2) is 4.98 Å². The molecule has 0 unspecified atom stereocenters. The minimum absolute atomic E-state index is 0.148. The predicted octanol–water partition coefficient (Wildman–Crippen LogP) is 5.09. The summed E-state index contributed by atoms with van der Waals surface area (Å²) in [5.41, 5.74) is 3.26. The molecule has 0 aliphatic carbocycles. The van der Waals surface area contributed by atoms with E-state index in [2.05, 4.69) is 4.98 Å². The Bertz CT molecular complexity index is 959. The lowest BCUT2D eigenvalue weighted by molar-refractivity contribution is 0.477. The summed E-state index contributed by atoms with van der Waals surface area (Å²) in [6, 6.07) is 21.5. The zero-order valence-electron chi connectivity index (χ0n) is 13.3. The van der Waals surface area contributed by atoms with E-state index in [-0.39, 0.29) is 11.5 Å². The highest BCUT2D eigenvalue weighted by atomic mass is 16.3. The minimum atomic E-state index is 0.148. The van der Waals surface area contributed by atoms with Gasteiger partial charge in [0, 0.05) is 16.7 Å². The van der Waals surface area contributed by atoms with E-state index in [1.165, 1.54) is 0 Å². The number of aromatic hydroxyl groups is 2. The van der Waals surface area contributed by atoms with E-state index in [0.29, 0.717) is 28.3 Å². The van der Waals surface area contributed by atoms with Crippen LogP contribution in [0.4, 0.5) is 0 Å². The number of nitrogens with zero attached hydrogens (tertiary/aromatic N) is 1. The lowest BCUT2D eigenvalue weighted by atomic mass is 10.0. The highest BCUT2D eigenvalue weighted by Gasteiger charge is 2.14. The molecule has 4 rings (SSSR count). The van der Waals surface area contributed by atoms with Crippen molar-refractivity contribution >= 4 is 0 Å². The smallest absolute Gasteiger partial charge is 0.134 e. The molecule has 0 amide bonds. The van der Waals surface area contributed by atoms with Crippen LogP contribution in [0.3, 0.4) is 0 Å². The summed E-state index contributed by atoms with van der Waals surface area (Å²) < 4.78 is 5.51. The summed E-state index contributed by atoms with van der Waals surface area (Å²) in [6.45, 7) is 0. The van der Waals surface area contributed by atoms with E-state index in [1.54, 1.807) is 42.7 Å². The molecule has 0 aliphatic rings. The lowest BCUT2D eigenvalue weighted by Crippen LogP contribution is -1.91. The number of para-hydroxylation sites is 2. The van der Waals surface area contributed by atoms with Gasteiger partial charge < -0.3 is 14.6 Å². The number of furan rings is 1. The average Bonchev–Trinajstić information content (AvgIpc) is 3.17. The van der Waals surface area contributed by atoms with E-state index in [4.69, 9.17) is 4.42 Å². The molecule has 4 heteroatoms. The highest BCUT2D eigenvalue weighted by molar-refractivity contribution is 5.78. The molecule has 0 radical (unpaired) electrons. The molecule has 0 aliphatic heterocycles. The maximum Gasteiger partial charge on any atom is 0.134 e. The third-order valence-electron chi connectivity index (χ3n) is 3.99. The first-order chi connectivity index (χ1) is 12.2. The SMILES string of the molecule is Oc1ccccc1-c1cc(-c2ccco2)cc(-c2ccccc2O)n1. The molecule has 4 nitrogen and oxygen atoms in total. The topological polar surface area (TPSA) is 66.5 Å². The Morgan fingerprint density at radius 3 is 1.72 bits per heavy atom. The van der Waals surface area contributed by atoms with Crippen LogP contribution >= 0.6 is 0 Å². The van der Waals surface area contributed by atoms with E-state index < -0.39 is 0 Å². The van der Waals surface area contributed by atoms with Gasteiger partial charge in [-0.05, 0) is 48.5 Å². The highest BCUT2D eigenvalue weighted by Crippen LogP contribution is 2.35. The lowest BCUT2D eigenvalue weighted by Gasteiger charge is -2.10. The van der Waals surface area contributed by atoms with Crippen LogP contribution < -0.4 is 0 Å². The van der Waals surface area contributed by atoms with Gasteiger partial charge >= 0.3 is 0 Å². The molecule has 2 heterocycles. The largest absolute Gasteiger partial charge is 0.507 e. The quantitative estimate of drug-likeness (QED) is 0.549. The first-order valence-electron chi connectivity index (χ1n) is 7.85. The van der Waals surface area contributed by atoms with Gasteiger partial charge in [0.2, 0.25) is 0 Å². The maximum atomic E-state index is 10.2. The summed E-state index contributed by atoms with van der Waals surface area (Å²) >= 11 is 0. The number of benzene rings is 2. The number of hydrogen-bond acceptors (Lipinski definition) is 4. The average molecular weight is 329 g/mol. The van der Waals surface area contributed by atoms with E-state index in [1.807, 2.05) is 36.4 Å². The first kappa shape index (κ1) is 15.0. The molecule has 0 saturated heterocycles. The second kappa shape index (κ2) is 6.17. The van der Waals surface area contributed by atoms with E-state index >= 15 is 0 Å². The predicted molar refractivity (Wildman–Crippen MR) is 96.1 cm³/mol. The maximum absolute atomic E-state index is 10.2. The van der Waals surface area contributed by atoms with Gasteiger partial charge in [0.05, 0.1) is 17.7 Å². The fraction of sp³-hybridized carbons (Fsp3) is 0. The summed E-state index contributed by atoms with van der Waals surface area (Å²) in [5.74, 6) is 0.986. The Morgan fingerprint density at radius 2 is 1.24 bits per heavy atom. The molecule has 4 aromatic rings. The Kier molecular flexibility index (Phi) is 3.71. The summed E-state index contributed by atoms with van der Waals surface area (Å²) in [5, 5.41) is 20.4. The number of phenols is 2. The van der Waals surface area contributed by atoms with Crippen molar-refractivity contribution in [1.29, 1.82) is 0 Å². The molecule has 25 heavy (non-hydrogen) atoms. The van der Waals surface area contributed by atoms with Crippen molar-refractivity contribution in [2.24, 2.45) is 0 Å². The fourth-order valence-electron chi connectivity index (χ4n) is 2.77. The van der Waals surface area contributed by atoms with Crippen molar-refractivity contribution in [2.45, 2.75) is 0 Å². The van der Waals surface area contributed by atoms with Crippen LogP contribution in [0.1, 0.15) is 0 Å². The second-order valence-corrected chi connectivity index (χ2v) is 5.64. The minimum Gasteiger partial charge on any atom is -0.507 e. The molecule has 0 fully saturated rings. The third-order valence-corrected chi connectivity index (χ3v) is 3.99. The number of hydrogen-bond donors (Lipinski definition) is 2. The molecule has 0 bridgehead atoms. The van der Waals surface area contributed by atoms with Crippen molar-refractivity contribution in [3.63, 3.8) is 0 Å². The van der Waals surface area contributed by atoms with E-state index in [0.717, 1.165) is 5.56 Å². The van der Waals surface area contributed by atoms with Crippen LogP contribution in [0.5, 0.6) is 11.5 Å². The zero-order chi connectivity index (χ0) is 17.2. The van der Waals surface area contributed by atoms with Crippen molar-refractivity contribution in [3.05, 3.63) is 79.1 Å². The standard InChI is InChI=1S/C21H15NO3/c23-19-8-3-1-6-15(19)17-12-14(21-10-5-11-25-21)13-18(22-17)16-7-2-4-9-20(16)24/h1-13,23-24H. The van der Waals surface area contributed by atoms with Gasteiger partial charge in [-0.3, -0.25) is 0 Å². The van der Waals surface area contributed by atoms with Crippen molar-refractivity contribution in [3.8, 4) is 45.3 Å².